The summed E-state index contributed by atoms with van der Waals surface area (Å²) < 4.78 is 26.2. The molecule has 1 aromatic heterocycles. The fourth-order valence-corrected chi connectivity index (χ4v) is 3.44. The molecule has 0 unspecified atom stereocenters. The van der Waals surface area contributed by atoms with Crippen LogP contribution < -0.4 is 4.72 Å². The second kappa shape index (κ2) is 4.23. The molecular formula is C9H14N2O3S2. The molecule has 90 valence electrons. The number of hydrogen-bond acceptors (Lipinski definition) is 5. The normalized spacial score (nSPS) is 12.8. The van der Waals surface area contributed by atoms with Crippen LogP contribution >= 0.6 is 11.3 Å². The molecule has 0 aliphatic carbocycles. The maximum absolute atomic E-state index is 11.8. The van der Waals surface area contributed by atoms with Crippen molar-refractivity contribution in [3.05, 3.63) is 11.2 Å². The maximum Gasteiger partial charge on any atom is 0.252 e. The summed E-state index contributed by atoms with van der Waals surface area (Å²) in [6, 6.07) is 0. The summed E-state index contributed by atoms with van der Waals surface area (Å²) in [6.45, 7) is 6.60. The molecule has 0 saturated carbocycles. The molecule has 0 aromatic carbocycles. The van der Waals surface area contributed by atoms with E-state index >= 15 is 0 Å². The molecule has 0 spiro atoms. The van der Waals surface area contributed by atoms with Crippen LogP contribution in [-0.2, 0) is 10.0 Å². The van der Waals surface area contributed by atoms with Crippen LogP contribution in [0.2, 0.25) is 0 Å². The molecule has 5 nitrogen and oxygen atoms in total. The van der Waals surface area contributed by atoms with E-state index in [0.29, 0.717) is 0 Å². The molecule has 1 aromatic rings. The van der Waals surface area contributed by atoms with Crippen molar-refractivity contribution in [2.45, 2.75) is 37.4 Å². The lowest BCUT2D eigenvalue weighted by molar-refractivity contribution is 0.101. The van der Waals surface area contributed by atoms with Crippen LogP contribution in [0.3, 0.4) is 0 Å². The van der Waals surface area contributed by atoms with E-state index in [9.17, 15) is 13.2 Å². The fraction of sp³-hybridized carbons (Fsp3) is 0.556. The molecule has 1 N–H and O–H groups in total. The Kier molecular flexibility index (Phi) is 3.51. The summed E-state index contributed by atoms with van der Waals surface area (Å²) in [7, 11) is -3.58. The second-order valence-corrected chi connectivity index (χ2v) is 7.34. The number of Topliss-reactive ketones (excluding diaryl/α,β-unsaturated/α-hetero) is 1. The van der Waals surface area contributed by atoms with Gasteiger partial charge < -0.3 is 0 Å². The van der Waals surface area contributed by atoms with Gasteiger partial charge in [0.05, 0.1) is 6.20 Å². The SMILES string of the molecule is CC(=O)c1ncc(S(=O)(=O)NC(C)(C)C)s1. The number of carbonyl (C=O) groups is 1. The van der Waals surface area contributed by atoms with Crippen molar-refractivity contribution in [1.29, 1.82) is 0 Å². The second-order valence-electron chi connectivity index (χ2n) is 4.40. The van der Waals surface area contributed by atoms with Crippen LogP contribution in [-0.4, -0.2) is 24.7 Å². The van der Waals surface area contributed by atoms with Gasteiger partial charge in [0.25, 0.3) is 10.0 Å². The zero-order chi connectivity index (χ0) is 12.6. The van der Waals surface area contributed by atoms with Gasteiger partial charge in [-0.15, -0.1) is 0 Å². The third-order valence-electron chi connectivity index (χ3n) is 1.49. The summed E-state index contributed by atoms with van der Waals surface area (Å²) in [5, 5.41) is 0.203. The van der Waals surface area contributed by atoms with Crippen LogP contribution in [0.5, 0.6) is 0 Å². The molecule has 1 rings (SSSR count). The van der Waals surface area contributed by atoms with Gasteiger partial charge in [-0.2, -0.15) is 0 Å². The lowest BCUT2D eigenvalue weighted by Gasteiger charge is -2.19. The first-order chi connectivity index (χ1) is 7.12. The van der Waals surface area contributed by atoms with Crippen LogP contribution in [0.4, 0.5) is 0 Å². The summed E-state index contributed by atoms with van der Waals surface area (Å²) in [5.74, 6) is -0.234. The highest BCUT2D eigenvalue weighted by molar-refractivity contribution is 7.91. The number of sulfonamides is 1. The number of rotatable bonds is 3. The molecule has 0 aliphatic rings. The molecule has 7 heteroatoms. The van der Waals surface area contributed by atoms with Crippen molar-refractivity contribution in [2.75, 3.05) is 0 Å². The van der Waals surface area contributed by atoms with E-state index in [1.54, 1.807) is 20.8 Å². The summed E-state index contributed by atoms with van der Waals surface area (Å²) >= 11 is 0.877. The van der Waals surface area contributed by atoms with E-state index in [1.165, 1.54) is 13.1 Å². The van der Waals surface area contributed by atoms with Crippen LogP contribution in [0.15, 0.2) is 10.4 Å². The number of hydrogen-bond donors (Lipinski definition) is 1. The van der Waals surface area contributed by atoms with Gasteiger partial charge in [0.2, 0.25) is 0 Å². The minimum absolute atomic E-state index is 0.0626. The first-order valence-electron chi connectivity index (χ1n) is 4.62. The van der Waals surface area contributed by atoms with E-state index in [-0.39, 0.29) is 15.0 Å². The lowest BCUT2D eigenvalue weighted by Crippen LogP contribution is -2.40. The summed E-state index contributed by atoms with van der Waals surface area (Å²) in [5.41, 5.74) is -0.556. The summed E-state index contributed by atoms with van der Waals surface area (Å²) in [4.78, 5) is 14.8. The Morgan fingerprint density at radius 3 is 2.38 bits per heavy atom. The molecule has 0 radical (unpaired) electrons. The predicted octanol–water partition coefficient (Wildman–Crippen LogP) is 1.42. The van der Waals surface area contributed by atoms with Gasteiger partial charge in [-0.1, -0.05) is 11.3 Å². The molecule has 0 bridgehead atoms. The third kappa shape index (κ3) is 3.36. The smallest absolute Gasteiger partial charge is 0.252 e. The van der Waals surface area contributed by atoms with Gasteiger partial charge in [-0.3, -0.25) is 4.79 Å². The number of ketones is 1. The monoisotopic (exact) mass is 262 g/mol. The number of aromatic nitrogens is 1. The predicted molar refractivity (Wildman–Crippen MR) is 62.2 cm³/mol. The molecule has 0 amide bonds. The first kappa shape index (κ1) is 13.3. The quantitative estimate of drug-likeness (QED) is 0.836. The number of thiazole rings is 1. The van der Waals surface area contributed by atoms with Gasteiger partial charge in [-0.25, -0.2) is 18.1 Å². The highest BCUT2D eigenvalue weighted by Gasteiger charge is 2.24. The molecule has 16 heavy (non-hydrogen) atoms. The summed E-state index contributed by atoms with van der Waals surface area (Å²) in [6.07, 6.45) is 1.20. The Morgan fingerprint density at radius 1 is 1.44 bits per heavy atom. The highest BCUT2D eigenvalue weighted by Crippen LogP contribution is 2.20. The standard InChI is InChI=1S/C9H14N2O3S2/c1-6(12)8-10-5-7(15-8)16(13,14)11-9(2,3)4/h5,11H,1-4H3. The van der Waals surface area contributed by atoms with Crippen molar-refractivity contribution in [3.63, 3.8) is 0 Å². The van der Waals surface area contributed by atoms with Gasteiger partial charge in [0.15, 0.2) is 15.0 Å². The van der Waals surface area contributed by atoms with Crippen molar-refractivity contribution in [1.82, 2.24) is 9.71 Å². The highest BCUT2D eigenvalue weighted by atomic mass is 32.2. The minimum atomic E-state index is -3.58. The van der Waals surface area contributed by atoms with Crippen LogP contribution in [0.25, 0.3) is 0 Å². The zero-order valence-corrected chi connectivity index (χ0v) is 11.2. The Labute approximate surface area is 99.0 Å². The number of nitrogens with one attached hydrogen (secondary N) is 1. The van der Waals surface area contributed by atoms with Crippen molar-refractivity contribution >= 4 is 27.1 Å². The molecular weight excluding hydrogens is 248 g/mol. The van der Waals surface area contributed by atoms with Gasteiger partial charge >= 0.3 is 0 Å². The Bertz CT molecular complexity index is 497. The Morgan fingerprint density at radius 2 is 2.00 bits per heavy atom. The van der Waals surface area contributed by atoms with E-state index < -0.39 is 15.6 Å². The van der Waals surface area contributed by atoms with E-state index in [1.807, 2.05) is 0 Å². The van der Waals surface area contributed by atoms with Gasteiger partial charge in [0, 0.05) is 12.5 Å². The van der Waals surface area contributed by atoms with Crippen molar-refractivity contribution in [2.24, 2.45) is 0 Å². The topological polar surface area (TPSA) is 76.1 Å². The van der Waals surface area contributed by atoms with E-state index in [2.05, 4.69) is 9.71 Å². The van der Waals surface area contributed by atoms with E-state index in [0.717, 1.165) is 11.3 Å². The van der Waals surface area contributed by atoms with Crippen LogP contribution in [0.1, 0.15) is 37.5 Å². The molecule has 0 atom stereocenters. The van der Waals surface area contributed by atoms with Crippen molar-refractivity contribution < 1.29 is 13.2 Å². The maximum atomic E-state index is 11.8. The first-order valence-corrected chi connectivity index (χ1v) is 6.92. The molecule has 0 fully saturated rings. The molecule has 1 heterocycles. The Balaban J connectivity index is 3.04. The largest absolute Gasteiger partial charge is 0.292 e. The van der Waals surface area contributed by atoms with Crippen LogP contribution in [0, 0.1) is 0 Å². The van der Waals surface area contributed by atoms with E-state index in [4.69, 9.17) is 0 Å². The van der Waals surface area contributed by atoms with Crippen molar-refractivity contribution in [3.8, 4) is 0 Å². The average molecular weight is 262 g/mol. The van der Waals surface area contributed by atoms with Gasteiger partial charge in [0.1, 0.15) is 0 Å². The molecule has 0 saturated heterocycles. The number of carbonyl (C=O) groups excluding carboxylic acids is 1. The Hall–Kier alpha value is -0.790. The molecule has 0 aliphatic heterocycles. The fourth-order valence-electron chi connectivity index (χ4n) is 1.000. The number of nitrogens with zero attached hydrogens (tertiary/aromatic N) is 1. The zero-order valence-electron chi connectivity index (χ0n) is 9.57. The minimum Gasteiger partial charge on any atom is -0.292 e. The van der Waals surface area contributed by atoms with Gasteiger partial charge in [-0.05, 0) is 20.8 Å². The lowest BCUT2D eigenvalue weighted by atomic mass is 10.1. The average Bonchev–Trinajstić information content (AvgIpc) is 2.46. The third-order valence-corrected chi connectivity index (χ3v) is 4.81.